The summed E-state index contributed by atoms with van der Waals surface area (Å²) in [6, 6.07) is 3.62. The molecular formula is C9H13N3O. The second-order valence-electron chi connectivity index (χ2n) is 3.25. The van der Waals surface area contributed by atoms with Gasteiger partial charge in [0.25, 0.3) is 0 Å². The lowest BCUT2D eigenvalue weighted by Gasteiger charge is -2.12. The third-order valence-corrected chi connectivity index (χ3v) is 2.28. The molecule has 0 saturated carbocycles. The molecular weight excluding hydrogens is 166 g/mol. The second kappa shape index (κ2) is 3.12. The first kappa shape index (κ1) is 8.16. The van der Waals surface area contributed by atoms with E-state index in [1.165, 1.54) is 12.8 Å². The van der Waals surface area contributed by atoms with E-state index in [2.05, 4.69) is 4.90 Å². The first-order valence-corrected chi connectivity index (χ1v) is 4.46. The molecule has 0 bridgehead atoms. The van der Waals surface area contributed by atoms with Crippen molar-refractivity contribution in [2.24, 2.45) is 5.73 Å². The Morgan fingerprint density at radius 1 is 1.38 bits per heavy atom. The monoisotopic (exact) mass is 179 g/mol. The minimum Gasteiger partial charge on any atom is -0.437 e. The summed E-state index contributed by atoms with van der Waals surface area (Å²) < 4.78 is 5.41. The van der Waals surface area contributed by atoms with Gasteiger partial charge in [0, 0.05) is 19.2 Å². The van der Waals surface area contributed by atoms with Crippen LogP contribution in [0.25, 0.3) is 0 Å². The van der Waals surface area contributed by atoms with Gasteiger partial charge < -0.3 is 15.1 Å². The zero-order chi connectivity index (χ0) is 9.26. The van der Waals surface area contributed by atoms with Gasteiger partial charge in [-0.25, -0.2) is 0 Å². The van der Waals surface area contributed by atoms with E-state index in [0.717, 1.165) is 19.0 Å². The zero-order valence-corrected chi connectivity index (χ0v) is 7.42. The predicted molar refractivity (Wildman–Crippen MR) is 51.2 cm³/mol. The minimum atomic E-state index is -0.00885. The average Bonchev–Trinajstić information content (AvgIpc) is 2.75. The molecule has 2 rings (SSSR count). The van der Waals surface area contributed by atoms with Crippen molar-refractivity contribution in [1.82, 2.24) is 0 Å². The van der Waals surface area contributed by atoms with Crippen LogP contribution in [-0.4, -0.2) is 18.9 Å². The Morgan fingerprint density at radius 2 is 2.08 bits per heavy atom. The molecule has 70 valence electrons. The summed E-state index contributed by atoms with van der Waals surface area (Å²) in [6.07, 6.45) is 2.44. The Morgan fingerprint density at radius 3 is 2.62 bits per heavy atom. The summed E-state index contributed by atoms with van der Waals surface area (Å²) >= 11 is 0. The van der Waals surface area contributed by atoms with E-state index in [1.807, 2.05) is 6.07 Å². The molecule has 2 heterocycles. The predicted octanol–water partition coefficient (Wildman–Crippen LogP) is 1.16. The topological polar surface area (TPSA) is 66.2 Å². The van der Waals surface area contributed by atoms with E-state index < -0.39 is 0 Å². The highest BCUT2D eigenvalue weighted by Gasteiger charge is 2.15. The molecule has 0 radical (unpaired) electrons. The Hall–Kier alpha value is -1.45. The van der Waals surface area contributed by atoms with Gasteiger partial charge in [0.2, 0.25) is 0 Å². The van der Waals surface area contributed by atoms with E-state index in [9.17, 15) is 0 Å². The van der Waals surface area contributed by atoms with E-state index >= 15 is 0 Å². The highest BCUT2D eigenvalue weighted by atomic mass is 16.4. The van der Waals surface area contributed by atoms with Crippen LogP contribution in [0.3, 0.4) is 0 Å². The fraction of sp³-hybridized carbons (Fsp3) is 0.444. The second-order valence-corrected chi connectivity index (χ2v) is 3.25. The molecule has 0 amide bonds. The molecule has 0 atom stereocenters. The highest BCUT2D eigenvalue weighted by molar-refractivity contribution is 5.92. The van der Waals surface area contributed by atoms with Crippen LogP contribution in [0.2, 0.25) is 0 Å². The van der Waals surface area contributed by atoms with Crippen LogP contribution in [0, 0.1) is 5.41 Å². The summed E-state index contributed by atoms with van der Waals surface area (Å²) in [4.78, 5) is 2.17. The van der Waals surface area contributed by atoms with Crippen LogP contribution in [0.4, 0.5) is 5.88 Å². The molecule has 4 nitrogen and oxygen atoms in total. The molecule has 1 aromatic heterocycles. The Bertz CT molecular complexity index is 312. The Labute approximate surface area is 76.8 Å². The Balaban J connectivity index is 2.16. The molecule has 1 aliphatic heterocycles. The number of rotatable bonds is 2. The fourth-order valence-electron chi connectivity index (χ4n) is 1.58. The van der Waals surface area contributed by atoms with Gasteiger partial charge in [0.15, 0.2) is 17.5 Å². The highest BCUT2D eigenvalue weighted by Crippen LogP contribution is 2.22. The molecule has 0 spiro atoms. The zero-order valence-electron chi connectivity index (χ0n) is 7.42. The maximum absolute atomic E-state index is 7.18. The third-order valence-electron chi connectivity index (χ3n) is 2.28. The largest absolute Gasteiger partial charge is 0.437 e. The average molecular weight is 179 g/mol. The molecule has 3 N–H and O–H groups in total. The Kier molecular flexibility index (Phi) is 1.96. The van der Waals surface area contributed by atoms with Gasteiger partial charge >= 0.3 is 0 Å². The van der Waals surface area contributed by atoms with Gasteiger partial charge in [0.05, 0.1) is 0 Å². The van der Waals surface area contributed by atoms with Crippen molar-refractivity contribution in [2.75, 3.05) is 18.0 Å². The third kappa shape index (κ3) is 1.52. The van der Waals surface area contributed by atoms with Crippen molar-refractivity contribution in [3.05, 3.63) is 17.9 Å². The summed E-state index contributed by atoms with van der Waals surface area (Å²) in [5.74, 6) is 1.29. The van der Waals surface area contributed by atoms with Crippen LogP contribution in [0.5, 0.6) is 0 Å². The fourth-order valence-corrected chi connectivity index (χ4v) is 1.58. The summed E-state index contributed by atoms with van der Waals surface area (Å²) in [7, 11) is 0. The molecule has 1 saturated heterocycles. The number of nitrogens with zero attached hydrogens (tertiary/aromatic N) is 1. The molecule has 13 heavy (non-hydrogen) atoms. The lowest BCUT2D eigenvalue weighted by atomic mass is 10.4. The first-order valence-electron chi connectivity index (χ1n) is 4.46. The van der Waals surface area contributed by atoms with Gasteiger partial charge in [-0.1, -0.05) is 0 Å². The van der Waals surface area contributed by atoms with Crippen molar-refractivity contribution in [3.63, 3.8) is 0 Å². The van der Waals surface area contributed by atoms with E-state index in [0.29, 0.717) is 5.76 Å². The number of anilines is 1. The van der Waals surface area contributed by atoms with Crippen LogP contribution in [0.1, 0.15) is 18.6 Å². The molecule has 1 fully saturated rings. The lowest BCUT2D eigenvalue weighted by molar-refractivity contribution is 0.547. The smallest absolute Gasteiger partial charge is 0.196 e. The van der Waals surface area contributed by atoms with Crippen molar-refractivity contribution in [1.29, 1.82) is 5.41 Å². The molecule has 4 heteroatoms. The number of amidine groups is 1. The van der Waals surface area contributed by atoms with Crippen molar-refractivity contribution >= 4 is 11.7 Å². The van der Waals surface area contributed by atoms with Gasteiger partial charge in [-0.3, -0.25) is 5.41 Å². The SMILES string of the molecule is N=C(N)c1ccc(N2CCCC2)o1. The molecule has 0 aliphatic carbocycles. The molecule has 0 aromatic carbocycles. The normalized spacial score (nSPS) is 16.5. The number of nitrogens with one attached hydrogen (secondary N) is 1. The first-order chi connectivity index (χ1) is 6.27. The summed E-state index contributed by atoms with van der Waals surface area (Å²) in [5.41, 5.74) is 5.30. The minimum absolute atomic E-state index is 0.00885. The van der Waals surface area contributed by atoms with Gasteiger partial charge in [0.1, 0.15) is 0 Å². The molecule has 0 unspecified atom stereocenters. The van der Waals surface area contributed by atoms with Gasteiger partial charge in [-0.15, -0.1) is 0 Å². The number of nitrogen functional groups attached to an aromatic ring is 1. The maximum Gasteiger partial charge on any atom is 0.196 e. The van der Waals surface area contributed by atoms with Crippen molar-refractivity contribution in [2.45, 2.75) is 12.8 Å². The summed E-state index contributed by atoms with van der Waals surface area (Å²) in [6.45, 7) is 2.09. The van der Waals surface area contributed by atoms with Crippen LogP contribution < -0.4 is 10.6 Å². The maximum atomic E-state index is 7.18. The van der Waals surface area contributed by atoms with Gasteiger partial charge in [-0.05, 0) is 18.9 Å². The van der Waals surface area contributed by atoms with Crippen molar-refractivity contribution < 1.29 is 4.42 Å². The van der Waals surface area contributed by atoms with E-state index in [4.69, 9.17) is 15.6 Å². The number of hydrogen-bond donors (Lipinski definition) is 2. The van der Waals surface area contributed by atoms with E-state index in [-0.39, 0.29) is 5.84 Å². The summed E-state index contributed by atoms with van der Waals surface area (Å²) in [5, 5.41) is 7.18. The van der Waals surface area contributed by atoms with Crippen LogP contribution >= 0.6 is 0 Å². The molecule has 1 aromatic rings. The number of nitrogens with two attached hydrogens (primary N) is 1. The van der Waals surface area contributed by atoms with Crippen LogP contribution in [0.15, 0.2) is 16.5 Å². The molecule has 1 aliphatic rings. The lowest BCUT2D eigenvalue weighted by Crippen LogP contribution is -2.16. The van der Waals surface area contributed by atoms with Gasteiger partial charge in [-0.2, -0.15) is 0 Å². The van der Waals surface area contributed by atoms with Crippen LogP contribution in [-0.2, 0) is 0 Å². The van der Waals surface area contributed by atoms with E-state index in [1.54, 1.807) is 6.07 Å². The van der Waals surface area contributed by atoms with Crippen molar-refractivity contribution in [3.8, 4) is 0 Å². The number of hydrogen-bond acceptors (Lipinski definition) is 3. The number of furan rings is 1. The quantitative estimate of drug-likeness (QED) is 0.529. The standard InChI is InChI=1S/C9H13N3O/c10-9(11)7-3-4-8(13-7)12-5-1-2-6-12/h3-4H,1-2,5-6H2,(H3,10,11).